The van der Waals surface area contributed by atoms with Crippen LogP contribution in [0.1, 0.15) is 20.8 Å². The van der Waals surface area contributed by atoms with E-state index in [0.29, 0.717) is 28.0 Å². The summed E-state index contributed by atoms with van der Waals surface area (Å²) in [6.07, 6.45) is 0. The second kappa shape index (κ2) is 6.41. The number of esters is 1. The van der Waals surface area contributed by atoms with Gasteiger partial charge in [-0.15, -0.1) is 0 Å². The van der Waals surface area contributed by atoms with Crippen LogP contribution in [0.5, 0.6) is 23.0 Å². The summed E-state index contributed by atoms with van der Waals surface area (Å²) in [6, 6.07) is 10.6. The number of rotatable bonds is 3. The summed E-state index contributed by atoms with van der Waals surface area (Å²) in [7, 11) is 3.17. The van der Waals surface area contributed by atoms with E-state index in [2.05, 4.69) is 0 Å². The number of carbonyl (C=O) groups excluding carboxylic acids is 1. The van der Waals surface area contributed by atoms with Crippen molar-refractivity contribution in [3.63, 3.8) is 0 Å². The number of fused-ring (bicyclic) bond motifs is 3. The third kappa shape index (κ3) is 3.12. The lowest BCUT2D eigenvalue weighted by molar-refractivity contribution is -0.142. The van der Waals surface area contributed by atoms with Gasteiger partial charge in [0.2, 0.25) is 0 Å². The quantitative estimate of drug-likeness (QED) is 0.421. The van der Waals surface area contributed by atoms with Crippen LogP contribution in [0.15, 0.2) is 36.4 Å². The van der Waals surface area contributed by atoms with Crippen molar-refractivity contribution in [3.8, 4) is 23.0 Å². The molecule has 0 unspecified atom stereocenters. The van der Waals surface area contributed by atoms with Crippen molar-refractivity contribution in [2.45, 2.75) is 20.8 Å². The fraction of sp³-hybridized carbons (Fsp3) is 0.286. The van der Waals surface area contributed by atoms with Gasteiger partial charge in [0.15, 0.2) is 0 Å². The van der Waals surface area contributed by atoms with Gasteiger partial charge in [-0.2, -0.15) is 0 Å². The van der Waals surface area contributed by atoms with Crippen LogP contribution in [0.3, 0.4) is 0 Å². The Kier molecular flexibility index (Phi) is 4.40. The van der Waals surface area contributed by atoms with Crippen LogP contribution in [0.4, 0.5) is 0 Å². The zero-order valence-corrected chi connectivity index (χ0v) is 15.5. The summed E-state index contributed by atoms with van der Waals surface area (Å²) < 4.78 is 16.5. The van der Waals surface area contributed by atoms with E-state index >= 15 is 0 Å². The minimum absolute atomic E-state index is 0.000343. The Hall–Kier alpha value is -2.95. The van der Waals surface area contributed by atoms with Gasteiger partial charge in [-0.05, 0) is 61.9 Å². The van der Waals surface area contributed by atoms with Crippen molar-refractivity contribution < 1.29 is 24.1 Å². The van der Waals surface area contributed by atoms with E-state index in [1.165, 1.54) is 6.07 Å². The van der Waals surface area contributed by atoms with Crippen molar-refractivity contribution in [1.29, 1.82) is 0 Å². The van der Waals surface area contributed by atoms with E-state index in [1.54, 1.807) is 41.1 Å². The summed E-state index contributed by atoms with van der Waals surface area (Å²) in [5.41, 5.74) is -0.671. The zero-order valence-electron chi connectivity index (χ0n) is 15.5. The fourth-order valence-corrected chi connectivity index (χ4v) is 2.81. The molecule has 5 heteroatoms. The first-order chi connectivity index (χ1) is 12.2. The maximum atomic E-state index is 12.4. The number of ether oxygens (including phenoxy) is 3. The van der Waals surface area contributed by atoms with Crippen molar-refractivity contribution in [2.75, 3.05) is 14.2 Å². The molecule has 0 fully saturated rings. The molecule has 0 atom stereocenters. The lowest BCUT2D eigenvalue weighted by Crippen LogP contribution is -2.25. The number of benzene rings is 3. The van der Waals surface area contributed by atoms with Crippen LogP contribution in [0, 0.1) is 5.41 Å². The average molecular weight is 354 g/mol. The first-order valence-corrected chi connectivity index (χ1v) is 8.28. The monoisotopic (exact) mass is 354 g/mol. The van der Waals surface area contributed by atoms with Crippen molar-refractivity contribution in [3.05, 3.63) is 36.4 Å². The highest BCUT2D eigenvalue weighted by atomic mass is 16.5. The topological polar surface area (TPSA) is 65.0 Å². The second-order valence-electron chi connectivity index (χ2n) is 7.17. The number of methoxy groups -OCH3 is 2. The Morgan fingerprint density at radius 2 is 1.65 bits per heavy atom. The maximum absolute atomic E-state index is 12.4. The van der Waals surface area contributed by atoms with Crippen LogP contribution >= 0.6 is 0 Å². The third-order valence-electron chi connectivity index (χ3n) is 4.20. The maximum Gasteiger partial charge on any atom is 0.316 e. The number of carbonyl (C=O) groups is 1. The molecule has 0 aliphatic rings. The van der Waals surface area contributed by atoms with Gasteiger partial charge in [0.1, 0.15) is 23.0 Å². The van der Waals surface area contributed by atoms with Gasteiger partial charge in [-0.3, -0.25) is 4.79 Å². The van der Waals surface area contributed by atoms with E-state index < -0.39 is 5.41 Å². The lowest BCUT2D eigenvalue weighted by Gasteiger charge is -2.19. The number of aromatic hydroxyl groups is 1. The summed E-state index contributed by atoms with van der Waals surface area (Å²) in [5, 5.41) is 13.3. The molecule has 0 radical (unpaired) electrons. The molecule has 0 aromatic heterocycles. The van der Waals surface area contributed by atoms with Crippen molar-refractivity contribution >= 4 is 27.5 Å². The van der Waals surface area contributed by atoms with Crippen LogP contribution in [0.2, 0.25) is 0 Å². The predicted octanol–water partition coefficient (Wildman–Crippen LogP) is 4.67. The standard InChI is InChI=1S/C21H22O5/c1-21(2,3)20(23)26-18-11-13(22)10-16-17(25-5)9-12-8-14(24-4)6-7-15(12)19(16)18/h6-11,22H,1-5H3. The van der Waals surface area contributed by atoms with E-state index in [1.807, 2.05) is 24.3 Å². The molecule has 1 N–H and O–H groups in total. The summed E-state index contributed by atoms with van der Waals surface area (Å²) >= 11 is 0. The lowest BCUT2D eigenvalue weighted by atomic mass is 9.97. The molecule has 0 saturated carbocycles. The van der Waals surface area contributed by atoms with Gasteiger partial charge in [-0.1, -0.05) is 0 Å². The predicted molar refractivity (Wildman–Crippen MR) is 101 cm³/mol. The summed E-state index contributed by atoms with van der Waals surface area (Å²) in [6.45, 7) is 5.34. The Balaban J connectivity index is 2.36. The fourth-order valence-electron chi connectivity index (χ4n) is 2.81. The SMILES string of the molecule is COc1ccc2c(c1)cc(OC)c1cc(O)cc(OC(=O)C(C)(C)C)c12. The molecule has 3 rings (SSSR count). The van der Waals surface area contributed by atoms with Gasteiger partial charge in [0, 0.05) is 16.8 Å². The Bertz CT molecular complexity index is 999. The molecule has 3 aromatic rings. The number of phenols is 1. The molecule has 5 nitrogen and oxygen atoms in total. The normalized spacial score (nSPS) is 11.6. The highest BCUT2D eigenvalue weighted by Gasteiger charge is 2.25. The minimum Gasteiger partial charge on any atom is -0.508 e. The number of hydrogen-bond donors (Lipinski definition) is 1. The van der Waals surface area contributed by atoms with Crippen molar-refractivity contribution in [2.24, 2.45) is 5.41 Å². The van der Waals surface area contributed by atoms with E-state index in [-0.39, 0.29) is 11.7 Å². The van der Waals surface area contributed by atoms with Gasteiger partial charge in [0.25, 0.3) is 0 Å². The average Bonchev–Trinajstić information content (AvgIpc) is 2.59. The molecular weight excluding hydrogens is 332 g/mol. The van der Waals surface area contributed by atoms with Gasteiger partial charge < -0.3 is 19.3 Å². The number of phenolic OH excluding ortho intramolecular Hbond substituents is 1. The molecule has 26 heavy (non-hydrogen) atoms. The van der Waals surface area contributed by atoms with E-state index in [0.717, 1.165) is 10.8 Å². The highest BCUT2D eigenvalue weighted by molar-refractivity contribution is 6.14. The van der Waals surface area contributed by atoms with Crippen molar-refractivity contribution in [1.82, 2.24) is 0 Å². The molecular formula is C21H22O5. The van der Waals surface area contributed by atoms with Crippen LogP contribution < -0.4 is 14.2 Å². The van der Waals surface area contributed by atoms with E-state index in [4.69, 9.17) is 14.2 Å². The molecule has 0 heterocycles. The molecule has 136 valence electrons. The van der Waals surface area contributed by atoms with Gasteiger partial charge in [-0.25, -0.2) is 0 Å². The minimum atomic E-state index is -0.671. The van der Waals surface area contributed by atoms with Crippen LogP contribution in [0.25, 0.3) is 21.5 Å². The molecule has 3 aromatic carbocycles. The zero-order chi connectivity index (χ0) is 19.1. The van der Waals surface area contributed by atoms with Gasteiger partial charge >= 0.3 is 5.97 Å². The van der Waals surface area contributed by atoms with Crippen LogP contribution in [-0.4, -0.2) is 25.3 Å². The number of hydrogen-bond acceptors (Lipinski definition) is 5. The molecule has 0 aliphatic heterocycles. The largest absolute Gasteiger partial charge is 0.508 e. The first-order valence-electron chi connectivity index (χ1n) is 8.28. The Morgan fingerprint density at radius 3 is 2.27 bits per heavy atom. The Morgan fingerprint density at radius 1 is 0.923 bits per heavy atom. The summed E-state index contributed by atoms with van der Waals surface area (Å²) in [5.74, 6) is 1.21. The smallest absolute Gasteiger partial charge is 0.316 e. The molecule has 0 amide bonds. The van der Waals surface area contributed by atoms with E-state index in [9.17, 15) is 9.90 Å². The van der Waals surface area contributed by atoms with Gasteiger partial charge in [0.05, 0.1) is 19.6 Å². The second-order valence-corrected chi connectivity index (χ2v) is 7.17. The molecule has 0 saturated heterocycles. The Labute approximate surface area is 152 Å². The van der Waals surface area contributed by atoms with Crippen LogP contribution in [-0.2, 0) is 4.79 Å². The highest BCUT2D eigenvalue weighted by Crippen LogP contribution is 2.42. The first kappa shape index (κ1) is 17.9. The third-order valence-corrected chi connectivity index (χ3v) is 4.20. The molecule has 0 bridgehead atoms. The summed E-state index contributed by atoms with van der Waals surface area (Å²) in [4.78, 5) is 12.4. The molecule has 0 spiro atoms. The molecule has 0 aliphatic carbocycles.